The molecule has 3 fully saturated rings. The first kappa shape index (κ1) is 17.1. The van der Waals surface area contributed by atoms with Gasteiger partial charge in [0.15, 0.2) is 0 Å². The number of H-pyrrole nitrogens is 1. The fraction of sp³-hybridized carbons (Fsp3) is 0.667. The Balaban J connectivity index is 1.53. The van der Waals surface area contributed by atoms with Gasteiger partial charge in [-0.25, -0.2) is 4.79 Å². The monoisotopic (exact) mass is 360 g/mol. The highest BCUT2D eigenvalue weighted by atomic mass is 16.2. The number of amides is 2. The molecule has 1 aromatic heterocycles. The van der Waals surface area contributed by atoms with Gasteiger partial charge in [0.25, 0.3) is 11.5 Å². The molecule has 0 bridgehead atoms. The Bertz CT molecular complexity index is 869. The number of likely N-dealkylation sites (tertiary alicyclic amines) is 2. The molecule has 140 valence electrons. The predicted molar refractivity (Wildman–Crippen MR) is 93.8 cm³/mol. The van der Waals surface area contributed by atoms with Crippen molar-refractivity contribution in [2.24, 2.45) is 18.4 Å². The van der Waals surface area contributed by atoms with E-state index in [9.17, 15) is 19.2 Å². The van der Waals surface area contributed by atoms with E-state index in [4.69, 9.17) is 0 Å². The largest absolute Gasteiger partial charge is 0.342 e. The molecule has 4 rings (SSSR count). The van der Waals surface area contributed by atoms with Crippen molar-refractivity contribution in [3.63, 3.8) is 0 Å². The second-order valence-corrected chi connectivity index (χ2v) is 7.97. The van der Waals surface area contributed by atoms with Crippen LogP contribution >= 0.6 is 0 Å². The molecular weight excluding hydrogens is 336 g/mol. The van der Waals surface area contributed by atoms with Crippen LogP contribution in [0, 0.1) is 11.3 Å². The number of nitrogens with zero attached hydrogens (tertiary/aromatic N) is 3. The molecule has 0 aromatic carbocycles. The summed E-state index contributed by atoms with van der Waals surface area (Å²) in [5.74, 6) is 0.406. The summed E-state index contributed by atoms with van der Waals surface area (Å²) in [6, 6.07) is 0. The van der Waals surface area contributed by atoms with Gasteiger partial charge in [0.05, 0.1) is 5.41 Å². The molecule has 1 saturated carbocycles. The smallest absolute Gasteiger partial charge is 0.328 e. The normalized spacial score (nSPS) is 26.0. The fourth-order valence-electron chi connectivity index (χ4n) is 4.25. The molecule has 8 nitrogen and oxygen atoms in total. The van der Waals surface area contributed by atoms with Crippen LogP contribution in [0.25, 0.3) is 0 Å². The first-order chi connectivity index (χ1) is 12.4. The summed E-state index contributed by atoms with van der Waals surface area (Å²) in [7, 11) is 1.49. The van der Waals surface area contributed by atoms with Crippen molar-refractivity contribution in [3.05, 3.63) is 32.6 Å². The lowest BCUT2D eigenvalue weighted by atomic mass is 9.78. The molecule has 2 amide bonds. The third-order valence-electron chi connectivity index (χ3n) is 5.98. The van der Waals surface area contributed by atoms with E-state index in [0.717, 1.165) is 25.9 Å². The average Bonchev–Trinajstić information content (AvgIpc) is 3.32. The van der Waals surface area contributed by atoms with Gasteiger partial charge in [0, 0.05) is 39.4 Å². The highest BCUT2D eigenvalue weighted by molar-refractivity contribution is 5.95. The van der Waals surface area contributed by atoms with Crippen molar-refractivity contribution >= 4 is 11.8 Å². The van der Waals surface area contributed by atoms with E-state index in [1.807, 2.05) is 4.90 Å². The summed E-state index contributed by atoms with van der Waals surface area (Å²) >= 11 is 0. The molecular formula is C18H24N4O4. The van der Waals surface area contributed by atoms with Gasteiger partial charge in [-0.3, -0.25) is 19.4 Å². The van der Waals surface area contributed by atoms with Crippen molar-refractivity contribution < 1.29 is 9.59 Å². The molecule has 26 heavy (non-hydrogen) atoms. The van der Waals surface area contributed by atoms with Crippen LogP contribution in [-0.2, 0) is 11.8 Å². The second kappa shape index (κ2) is 6.10. The van der Waals surface area contributed by atoms with Crippen molar-refractivity contribution in [1.29, 1.82) is 0 Å². The van der Waals surface area contributed by atoms with Crippen LogP contribution in [0.3, 0.4) is 0 Å². The molecule has 1 aromatic rings. The summed E-state index contributed by atoms with van der Waals surface area (Å²) < 4.78 is 1.18. The minimum atomic E-state index is -0.676. The Morgan fingerprint density at radius 2 is 2.00 bits per heavy atom. The zero-order chi connectivity index (χ0) is 18.5. The maximum atomic E-state index is 13.1. The number of aromatic nitrogens is 2. The summed E-state index contributed by atoms with van der Waals surface area (Å²) in [6.45, 7) is 2.47. The molecule has 2 saturated heterocycles. The SMILES string of the molecule is Cn1cc(C(=O)N2CCC3(CCCN(CC4CC4)C3=O)C2)c(=O)[nH]c1=O. The predicted octanol–water partition coefficient (Wildman–Crippen LogP) is -0.0617. The van der Waals surface area contributed by atoms with Crippen LogP contribution in [0.2, 0.25) is 0 Å². The fourth-order valence-corrected chi connectivity index (χ4v) is 4.25. The average molecular weight is 360 g/mol. The number of carbonyl (C=O) groups is 2. The summed E-state index contributed by atoms with van der Waals surface area (Å²) in [6.07, 6.45) is 6.08. The molecule has 3 heterocycles. The first-order valence-corrected chi connectivity index (χ1v) is 9.28. The van der Waals surface area contributed by atoms with Gasteiger partial charge in [0.2, 0.25) is 5.91 Å². The standard InChI is InChI=1S/C18H24N4O4/c1-20-10-13(14(23)19-17(20)26)15(24)22-8-6-18(11-22)5-2-7-21(16(18)25)9-12-3-4-12/h10,12H,2-9,11H2,1H3,(H,19,23,26). The van der Waals surface area contributed by atoms with Gasteiger partial charge in [-0.1, -0.05) is 0 Å². The number of nitrogens with one attached hydrogen (secondary N) is 1. The summed E-state index contributed by atoms with van der Waals surface area (Å²) in [4.78, 5) is 55.1. The number of carbonyl (C=O) groups excluding carboxylic acids is 2. The van der Waals surface area contributed by atoms with E-state index in [0.29, 0.717) is 25.4 Å². The van der Waals surface area contributed by atoms with E-state index >= 15 is 0 Å². The lowest BCUT2D eigenvalue weighted by Crippen LogP contribution is -2.51. The maximum absolute atomic E-state index is 13.1. The van der Waals surface area contributed by atoms with Crippen LogP contribution in [0.15, 0.2) is 15.8 Å². The van der Waals surface area contributed by atoms with Crippen molar-refractivity contribution in [1.82, 2.24) is 19.4 Å². The van der Waals surface area contributed by atoms with Crippen LogP contribution in [0.4, 0.5) is 0 Å². The first-order valence-electron chi connectivity index (χ1n) is 9.28. The van der Waals surface area contributed by atoms with E-state index in [2.05, 4.69) is 4.98 Å². The number of rotatable bonds is 3. The Kier molecular flexibility index (Phi) is 4.00. The molecule has 8 heteroatoms. The highest BCUT2D eigenvalue weighted by Crippen LogP contribution is 2.41. The summed E-state index contributed by atoms with van der Waals surface area (Å²) in [5, 5.41) is 0. The van der Waals surface area contributed by atoms with Gasteiger partial charge < -0.3 is 14.4 Å². The van der Waals surface area contributed by atoms with E-state index in [1.165, 1.54) is 30.7 Å². The highest BCUT2D eigenvalue weighted by Gasteiger charge is 2.50. The molecule has 2 aliphatic heterocycles. The minimum Gasteiger partial charge on any atom is -0.342 e. The quantitative estimate of drug-likeness (QED) is 0.817. The number of aryl methyl sites for hydroxylation is 1. The number of hydrogen-bond donors (Lipinski definition) is 1. The lowest BCUT2D eigenvalue weighted by Gasteiger charge is -2.39. The van der Waals surface area contributed by atoms with Crippen LogP contribution in [0.5, 0.6) is 0 Å². The topological polar surface area (TPSA) is 95.5 Å². The molecule has 1 aliphatic carbocycles. The van der Waals surface area contributed by atoms with Crippen molar-refractivity contribution in [2.75, 3.05) is 26.2 Å². The van der Waals surface area contributed by atoms with Crippen LogP contribution < -0.4 is 11.2 Å². The molecule has 1 spiro atoms. The molecule has 3 aliphatic rings. The Morgan fingerprint density at radius 3 is 2.73 bits per heavy atom. The number of aromatic amines is 1. The van der Waals surface area contributed by atoms with Gasteiger partial charge in [-0.15, -0.1) is 0 Å². The zero-order valence-corrected chi connectivity index (χ0v) is 15.0. The Labute approximate surface area is 150 Å². The van der Waals surface area contributed by atoms with Crippen molar-refractivity contribution in [3.8, 4) is 0 Å². The van der Waals surface area contributed by atoms with Crippen molar-refractivity contribution in [2.45, 2.75) is 32.1 Å². The lowest BCUT2D eigenvalue weighted by molar-refractivity contribution is -0.145. The van der Waals surface area contributed by atoms with E-state index in [1.54, 1.807) is 4.90 Å². The van der Waals surface area contributed by atoms with Gasteiger partial charge >= 0.3 is 5.69 Å². The zero-order valence-electron chi connectivity index (χ0n) is 15.0. The molecule has 0 radical (unpaired) electrons. The van der Waals surface area contributed by atoms with Gasteiger partial charge in [-0.05, 0) is 38.0 Å². The third kappa shape index (κ3) is 2.87. The van der Waals surface area contributed by atoms with Gasteiger partial charge in [0.1, 0.15) is 5.56 Å². The van der Waals surface area contributed by atoms with E-state index in [-0.39, 0.29) is 11.5 Å². The number of piperidine rings is 1. The molecule has 1 unspecified atom stereocenters. The maximum Gasteiger partial charge on any atom is 0.328 e. The third-order valence-corrected chi connectivity index (χ3v) is 5.98. The molecule has 1 N–H and O–H groups in total. The second-order valence-electron chi connectivity index (χ2n) is 7.97. The van der Waals surface area contributed by atoms with Gasteiger partial charge in [-0.2, -0.15) is 0 Å². The van der Waals surface area contributed by atoms with Crippen LogP contribution in [-0.4, -0.2) is 57.3 Å². The Morgan fingerprint density at radius 1 is 1.23 bits per heavy atom. The van der Waals surface area contributed by atoms with E-state index < -0.39 is 22.6 Å². The van der Waals surface area contributed by atoms with Crippen LogP contribution in [0.1, 0.15) is 42.5 Å². The molecule has 1 atom stereocenters. The Hall–Kier alpha value is -2.38. The summed E-state index contributed by atoms with van der Waals surface area (Å²) in [5.41, 5.74) is -1.79. The minimum absolute atomic E-state index is 0.0535. The number of hydrogen-bond acceptors (Lipinski definition) is 4.